The average Bonchev–Trinajstić information content (AvgIpc) is 3.43. The van der Waals surface area contributed by atoms with Crippen LogP contribution in [0.25, 0.3) is 32.9 Å². The predicted molar refractivity (Wildman–Crippen MR) is 207 cm³/mol. The minimum absolute atomic E-state index is 0.0534. The van der Waals surface area contributed by atoms with Gasteiger partial charge in [0.2, 0.25) is 5.91 Å². The normalized spacial score (nSPS) is 23.6. The summed E-state index contributed by atoms with van der Waals surface area (Å²) in [7, 11) is 0. The third-order valence-corrected chi connectivity index (χ3v) is 12.9. The van der Waals surface area contributed by atoms with Crippen LogP contribution in [0.3, 0.4) is 0 Å². The smallest absolute Gasteiger partial charge is 0.226 e. The van der Waals surface area contributed by atoms with Gasteiger partial charge in [-0.05, 0) is 85.9 Å². The number of hydrogen-bond donors (Lipinski definition) is 1. The number of carbonyl (C=O) groups is 1. The number of aryl methyl sites for hydroxylation is 2. The van der Waals surface area contributed by atoms with E-state index >= 15 is 4.39 Å². The van der Waals surface area contributed by atoms with Gasteiger partial charge in [-0.1, -0.05) is 61.3 Å². The van der Waals surface area contributed by atoms with Gasteiger partial charge in [0.1, 0.15) is 17.4 Å². The van der Waals surface area contributed by atoms with E-state index in [-0.39, 0.29) is 53.0 Å². The molecule has 10 heteroatoms. The molecule has 2 bridgehead atoms. The van der Waals surface area contributed by atoms with Gasteiger partial charge < -0.3 is 19.5 Å². The van der Waals surface area contributed by atoms with Crippen LogP contribution in [-0.2, 0) is 11.2 Å². The summed E-state index contributed by atoms with van der Waals surface area (Å²) in [6.45, 7) is 7.72. The van der Waals surface area contributed by atoms with Gasteiger partial charge in [-0.15, -0.1) is 0 Å². The molecule has 3 saturated heterocycles. The number of fused-ring (bicyclic) bond motifs is 4. The molecule has 272 valence electrons. The highest BCUT2D eigenvalue weighted by Gasteiger charge is 2.51. The number of likely N-dealkylation sites (tertiary alicyclic amines) is 1. The van der Waals surface area contributed by atoms with Crippen molar-refractivity contribution in [2.75, 3.05) is 13.1 Å². The summed E-state index contributed by atoms with van der Waals surface area (Å²) < 4.78 is 26.3. The molecule has 5 aliphatic rings. The Balaban J connectivity index is 1.24. The second kappa shape index (κ2) is 13.3. The molecule has 0 spiro atoms. The molecule has 2 aliphatic carbocycles. The first-order valence-electron chi connectivity index (χ1n) is 18.9. The Morgan fingerprint density at radius 1 is 1.11 bits per heavy atom. The first kappa shape index (κ1) is 34.6. The van der Waals surface area contributed by atoms with Gasteiger partial charge in [0.05, 0.1) is 40.3 Å². The number of halogens is 3. The number of rotatable bonds is 9. The molecule has 2 aromatic heterocycles. The summed E-state index contributed by atoms with van der Waals surface area (Å²) >= 11 is 13.1. The van der Waals surface area contributed by atoms with E-state index < -0.39 is 5.82 Å². The van der Waals surface area contributed by atoms with Gasteiger partial charge in [0, 0.05) is 64.6 Å². The van der Waals surface area contributed by atoms with Crippen molar-refractivity contribution in [1.29, 1.82) is 5.26 Å². The van der Waals surface area contributed by atoms with Crippen molar-refractivity contribution in [3.05, 3.63) is 93.0 Å². The Hall–Kier alpha value is -4.16. The maximum Gasteiger partial charge on any atom is 0.226 e. The molecule has 3 aliphatic heterocycles. The van der Waals surface area contributed by atoms with Crippen LogP contribution < -0.4 is 10.1 Å². The third kappa shape index (κ3) is 5.78. The summed E-state index contributed by atoms with van der Waals surface area (Å²) in [5, 5.41) is 15.6. The summed E-state index contributed by atoms with van der Waals surface area (Å²) in [6.07, 6.45) is 3.94. The first-order valence-corrected chi connectivity index (χ1v) is 19.7. The zero-order chi connectivity index (χ0) is 36.7. The maximum atomic E-state index is 17.2. The van der Waals surface area contributed by atoms with E-state index in [0.29, 0.717) is 58.3 Å². The first-order chi connectivity index (χ1) is 25.6. The van der Waals surface area contributed by atoms with Crippen molar-refractivity contribution in [1.82, 2.24) is 19.8 Å². The van der Waals surface area contributed by atoms with E-state index in [2.05, 4.69) is 52.9 Å². The molecule has 5 heterocycles. The van der Waals surface area contributed by atoms with Gasteiger partial charge in [-0.2, -0.15) is 5.26 Å². The lowest BCUT2D eigenvalue weighted by Gasteiger charge is -2.39. The molecule has 1 N–H and O–H groups in total. The van der Waals surface area contributed by atoms with Crippen LogP contribution in [-0.4, -0.2) is 45.6 Å². The Bertz CT molecular complexity index is 2330. The molecule has 7 nitrogen and oxygen atoms in total. The number of ether oxygens (including phenoxy) is 1. The number of nitrogens with zero attached hydrogens (tertiary/aromatic N) is 4. The molecule has 3 aromatic carbocycles. The molecule has 5 aromatic rings. The third-order valence-electron chi connectivity index (χ3n) is 12.1. The fraction of sp³-hybridized carbons (Fsp3) is 0.419. The van der Waals surface area contributed by atoms with Crippen LogP contribution in [0.4, 0.5) is 4.39 Å². The SMILES string of the molecule is Cc1nc2c(F)c(-c3cccc(Cl)c3Cl)c(CCC#N)cc2c2c1cc(C1CC(Oc3cccc(C(C)C)c3)CN1C(=O)C1CC1)n2C1C2CNC1C2. The molecule has 5 fully saturated rings. The molecule has 10 rings (SSSR count). The number of aromatic nitrogens is 2. The van der Waals surface area contributed by atoms with Crippen molar-refractivity contribution in [3.8, 4) is 22.9 Å². The van der Waals surface area contributed by atoms with Crippen LogP contribution in [0.1, 0.15) is 86.5 Å². The Morgan fingerprint density at radius 2 is 1.92 bits per heavy atom. The van der Waals surface area contributed by atoms with Crippen LogP contribution in [0.2, 0.25) is 10.0 Å². The fourth-order valence-corrected chi connectivity index (χ4v) is 9.60. The largest absolute Gasteiger partial charge is 0.488 e. The molecule has 5 unspecified atom stereocenters. The van der Waals surface area contributed by atoms with Gasteiger partial charge in [0.15, 0.2) is 5.82 Å². The van der Waals surface area contributed by atoms with Crippen molar-refractivity contribution in [2.45, 2.75) is 89.4 Å². The van der Waals surface area contributed by atoms with E-state index in [1.54, 1.807) is 18.2 Å². The van der Waals surface area contributed by atoms with Gasteiger partial charge in [-0.25, -0.2) is 9.37 Å². The summed E-state index contributed by atoms with van der Waals surface area (Å²) in [4.78, 5) is 21.1. The van der Waals surface area contributed by atoms with E-state index in [1.165, 1.54) is 5.56 Å². The Morgan fingerprint density at radius 3 is 2.64 bits per heavy atom. The molecule has 2 saturated carbocycles. The van der Waals surface area contributed by atoms with Crippen LogP contribution in [0, 0.1) is 35.9 Å². The van der Waals surface area contributed by atoms with Crippen LogP contribution in [0.15, 0.2) is 54.6 Å². The lowest BCUT2D eigenvalue weighted by Crippen LogP contribution is -2.41. The molecule has 53 heavy (non-hydrogen) atoms. The maximum absolute atomic E-state index is 17.2. The minimum atomic E-state index is -0.475. The highest BCUT2D eigenvalue weighted by Crippen LogP contribution is 2.51. The fourth-order valence-electron chi connectivity index (χ4n) is 9.21. The standard InChI is InChI=1S/C43H42Cl2FN5O2/c1-22(2)25-7-4-9-28(15-25)53-29-18-35(50(21-29)43(52)24-12-13-24)36-19-31-23(3)49-40-32(42(31)51(36)41-27-17-34(41)48-20-27)16-26(8-6-14-47)37(39(40)46)30-10-5-11-33(44)38(30)45/h4-5,7,9-11,15-16,19,22,24,27,29,34-35,41,48H,6,8,12-13,17-18,20-21H2,1-3H3. The zero-order valence-electron chi connectivity index (χ0n) is 30.1. The highest BCUT2D eigenvalue weighted by atomic mass is 35.5. The summed E-state index contributed by atoms with van der Waals surface area (Å²) in [6, 6.07) is 20.2. The van der Waals surface area contributed by atoms with Crippen molar-refractivity contribution >= 4 is 50.9 Å². The number of hydrogen-bond acceptors (Lipinski definition) is 5. The minimum Gasteiger partial charge on any atom is -0.488 e. The predicted octanol–water partition coefficient (Wildman–Crippen LogP) is 9.85. The number of pyridine rings is 1. The number of benzene rings is 3. The average molecular weight is 751 g/mol. The second-order valence-electron chi connectivity index (χ2n) is 15.8. The molecule has 0 radical (unpaired) electrons. The number of amides is 1. The molecule has 1 amide bonds. The topological polar surface area (TPSA) is 83.2 Å². The number of nitrogens with one attached hydrogen (secondary N) is 1. The van der Waals surface area contributed by atoms with Crippen LogP contribution >= 0.6 is 23.2 Å². The monoisotopic (exact) mass is 749 g/mol. The van der Waals surface area contributed by atoms with E-state index in [0.717, 1.165) is 53.8 Å². The lowest BCUT2D eigenvalue weighted by molar-refractivity contribution is -0.133. The van der Waals surface area contributed by atoms with Gasteiger partial charge in [0.25, 0.3) is 0 Å². The second-order valence-corrected chi connectivity index (χ2v) is 16.5. The van der Waals surface area contributed by atoms with E-state index in [9.17, 15) is 10.1 Å². The molecular formula is C43H42Cl2FN5O2. The Labute approximate surface area is 319 Å². The summed E-state index contributed by atoms with van der Waals surface area (Å²) in [5.74, 6) is 1.39. The quantitative estimate of drug-likeness (QED) is 0.162. The molecular weight excluding hydrogens is 708 g/mol. The van der Waals surface area contributed by atoms with E-state index in [1.807, 2.05) is 25.1 Å². The van der Waals surface area contributed by atoms with E-state index in [4.69, 9.17) is 32.9 Å². The summed E-state index contributed by atoms with van der Waals surface area (Å²) in [5.41, 5.74) is 5.67. The van der Waals surface area contributed by atoms with Gasteiger partial charge >= 0.3 is 0 Å². The zero-order valence-corrected chi connectivity index (χ0v) is 31.6. The van der Waals surface area contributed by atoms with Gasteiger partial charge in [-0.3, -0.25) is 4.79 Å². The lowest BCUT2D eigenvalue weighted by atomic mass is 9.79. The van der Waals surface area contributed by atoms with Crippen LogP contribution in [0.5, 0.6) is 5.75 Å². The Kier molecular flexibility index (Phi) is 8.68. The number of nitriles is 1. The van der Waals surface area contributed by atoms with Crippen molar-refractivity contribution in [3.63, 3.8) is 0 Å². The van der Waals surface area contributed by atoms with Crippen molar-refractivity contribution in [2.24, 2.45) is 11.8 Å². The number of carbonyl (C=O) groups excluding carboxylic acids is 1. The highest BCUT2D eigenvalue weighted by molar-refractivity contribution is 6.43. The molecule has 5 atom stereocenters. The van der Waals surface area contributed by atoms with Crippen molar-refractivity contribution < 1.29 is 13.9 Å².